The predicted molar refractivity (Wildman–Crippen MR) is 75.9 cm³/mol. The molecule has 1 rings (SSSR count). The lowest BCUT2D eigenvalue weighted by atomic mass is 10.1. The van der Waals surface area contributed by atoms with Crippen molar-refractivity contribution in [2.75, 3.05) is 21.3 Å². The molecule has 1 aliphatic heterocycles. The standard InChI is InChI=1S/C11H24O3Si.C2H4O/c1-5-8-11(12-2)9-6-7-10-15(11,13-3)14-4;1-2-3/h5-10H2,1-4H3;2-3H,1H2. The molecule has 1 saturated heterocycles. The van der Waals surface area contributed by atoms with E-state index in [9.17, 15) is 0 Å². The fraction of sp³-hybridized carbons (Fsp3) is 0.846. The van der Waals surface area contributed by atoms with E-state index in [0.29, 0.717) is 0 Å². The first-order valence-corrected chi connectivity index (χ1v) is 8.54. The van der Waals surface area contributed by atoms with Crippen molar-refractivity contribution in [3.05, 3.63) is 12.8 Å². The molecule has 18 heavy (non-hydrogen) atoms. The molecule has 1 atom stereocenters. The summed E-state index contributed by atoms with van der Waals surface area (Å²) in [6, 6.07) is 1.06. The molecule has 1 aliphatic rings. The Morgan fingerprint density at radius 3 is 2.22 bits per heavy atom. The Labute approximate surface area is 112 Å². The molecule has 1 N–H and O–H groups in total. The van der Waals surface area contributed by atoms with Crippen molar-refractivity contribution in [1.29, 1.82) is 0 Å². The zero-order chi connectivity index (χ0) is 14.1. The molecule has 0 spiro atoms. The van der Waals surface area contributed by atoms with Gasteiger partial charge in [-0.25, -0.2) is 0 Å². The average molecular weight is 276 g/mol. The van der Waals surface area contributed by atoms with Crippen LogP contribution in [0.3, 0.4) is 0 Å². The van der Waals surface area contributed by atoms with E-state index in [4.69, 9.17) is 18.7 Å². The molecule has 0 amide bonds. The summed E-state index contributed by atoms with van der Waals surface area (Å²) in [4.78, 5) is 0. The van der Waals surface area contributed by atoms with Crippen LogP contribution in [-0.4, -0.2) is 40.2 Å². The molecule has 1 heterocycles. The minimum absolute atomic E-state index is 0.122. The summed E-state index contributed by atoms with van der Waals surface area (Å²) in [7, 11) is 3.22. The van der Waals surface area contributed by atoms with E-state index in [0.717, 1.165) is 31.6 Å². The van der Waals surface area contributed by atoms with Gasteiger partial charge in [0.2, 0.25) is 0 Å². The smallest absolute Gasteiger partial charge is 0.370 e. The Bertz CT molecular complexity index is 227. The number of hydrogen-bond acceptors (Lipinski definition) is 4. The lowest BCUT2D eigenvalue weighted by Gasteiger charge is -2.47. The van der Waals surface area contributed by atoms with E-state index in [2.05, 4.69) is 13.5 Å². The van der Waals surface area contributed by atoms with Gasteiger partial charge in [0.1, 0.15) is 5.22 Å². The van der Waals surface area contributed by atoms with Gasteiger partial charge in [0.15, 0.2) is 0 Å². The summed E-state index contributed by atoms with van der Waals surface area (Å²) in [5, 5.41) is 7.21. The van der Waals surface area contributed by atoms with Crippen LogP contribution in [0.4, 0.5) is 0 Å². The van der Waals surface area contributed by atoms with Crippen molar-refractivity contribution >= 4 is 8.56 Å². The number of rotatable bonds is 5. The summed E-state index contributed by atoms with van der Waals surface area (Å²) >= 11 is 0. The van der Waals surface area contributed by atoms with Crippen LogP contribution in [0.25, 0.3) is 0 Å². The molecule has 1 unspecified atom stereocenters. The van der Waals surface area contributed by atoms with E-state index in [1.165, 1.54) is 12.8 Å². The number of aliphatic hydroxyl groups excluding tert-OH is 1. The van der Waals surface area contributed by atoms with Crippen molar-refractivity contribution < 1.29 is 18.7 Å². The monoisotopic (exact) mass is 276 g/mol. The minimum atomic E-state index is -2.15. The second kappa shape index (κ2) is 8.69. The van der Waals surface area contributed by atoms with Gasteiger partial charge in [-0.2, -0.15) is 0 Å². The molecule has 5 heteroatoms. The molecule has 0 aromatic heterocycles. The molecular weight excluding hydrogens is 248 g/mol. The summed E-state index contributed by atoms with van der Waals surface area (Å²) in [5.74, 6) is 0. The fourth-order valence-corrected chi connectivity index (χ4v) is 6.91. The molecule has 0 bridgehead atoms. The highest BCUT2D eigenvalue weighted by Gasteiger charge is 2.58. The Morgan fingerprint density at radius 2 is 1.83 bits per heavy atom. The molecule has 0 aromatic rings. The lowest BCUT2D eigenvalue weighted by Crippen LogP contribution is -2.64. The van der Waals surface area contributed by atoms with Crippen LogP contribution in [0.5, 0.6) is 0 Å². The maximum atomic E-state index is 7.33. The summed E-state index contributed by atoms with van der Waals surface area (Å²) in [6.07, 6.45) is 6.45. The average Bonchev–Trinajstić information content (AvgIpc) is 2.40. The third-order valence-electron chi connectivity index (χ3n) is 3.73. The van der Waals surface area contributed by atoms with Crippen LogP contribution in [0.1, 0.15) is 39.0 Å². The molecule has 0 radical (unpaired) electrons. The Kier molecular flexibility index (Phi) is 8.51. The lowest BCUT2D eigenvalue weighted by molar-refractivity contribution is -0.0149. The molecule has 1 fully saturated rings. The summed E-state index contributed by atoms with van der Waals surface area (Å²) in [6.45, 7) is 5.11. The quantitative estimate of drug-likeness (QED) is 0.618. The van der Waals surface area contributed by atoms with Gasteiger partial charge in [0.05, 0.1) is 6.26 Å². The van der Waals surface area contributed by atoms with Crippen molar-refractivity contribution in [1.82, 2.24) is 0 Å². The highest BCUT2D eigenvalue weighted by atomic mass is 28.4. The molecule has 0 saturated carbocycles. The highest BCUT2D eigenvalue weighted by Crippen LogP contribution is 2.42. The predicted octanol–water partition coefficient (Wildman–Crippen LogP) is 3.32. The van der Waals surface area contributed by atoms with Crippen LogP contribution < -0.4 is 0 Å². The second-order valence-electron chi connectivity index (χ2n) is 4.50. The van der Waals surface area contributed by atoms with Gasteiger partial charge >= 0.3 is 8.56 Å². The normalized spacial score (nSPS) is 26.0. The third kappa shape index (κ3) is 3.57. The third-order valence-corrected chi connectivity index (χ3v) is 8.16. The Hall–Kier alpha value is -0.363. The SMILES string of the molecule is C=CO.CCCC1(OC)CCCC[Si]1(OC)OC. The molecular formula is C13H28O4Si. The van der Waals surface area contributed by atoms with Gasteiger partial charge in [0, 0.05) is 21.3 Å². The number of aliphatic hydroxyl groups is 1. The first-order valence-electron chi connectivity index (χ1n) is 6.52. The van der Waals surface area contributed by atoms with Crippen LogP contribution in [-0.2, 0) is 13.6 Å². The second-order valence-corrected chi connectivity index (χ2v) is 8.23. The van der Waals surface area contributed by atoms with Crippen LogP contribution in [0.15, 0.2) is 12.8 Å². The van der Waals surface area contributed by atoms with Crippen molar-refractivity contribution in [2.45, 2.75) is 50.3 Å². The number of methoxy groups -OCH3 is 1. The van der Waals surface area contributed by atoms with Crippen molar-refractivity contribution in [2.24, 2.45) is 0 Å². The Balaban J connectivity index is 0.000000873. The van der Waals surface area contributed by atoms with Crippen molar-refractivity contribution in [3.8, 4) is 0 Å². The van der Waals surface area contributed by atoms with Crippen LogP contribution in [0.2, 0.25) is 6.04 Å². The van der Waals surface area contributed by atoms with Gasteiger partial charge in [-0.3, -0.25) is 0 Å². The van der Waals surface area contributed by atoms with Gasteiger partial charge < -0.3 is 18.7 Å². The molecule has 108 valence electrons. The molecule has 0 aromatic carbocycles. The van der Waals surface area contributed by atoms with Gasteiger partial charge in [-0.1, -0.05) is 32.8 Å². The molecule has 4 nitrogen and oxygen atoms in total. The summed E-state index contributed by atoms with van der Waals surface area (Å²) < 4.78 is 17.4. The number of hydrogen-bond donors (Lipinski definition) is 1. The fourth-order valence-electron chi connectivity index (χ4n) is 2.92. The topological polar surface area (TPSA) is 47.9 Å². The summed E-state index contributed by atoms with van der Waals surface area (Å²) in [5.41, 5.74) is 0. The van der Waals surface area contributed by atoms with E-state index < -0.39 is 8.56 Å². The first kappa shape index (κ1) is 17.6. The zero-order valence-electron chi connectivity index (χ0n) is 12.2. The van der Waals surface area contributed by atoms with E-state index in [-0.39, 0.29) is 5.22 Å². The highest BCUT2D eigenvalue weighted by molar-refractivity contribution is 6.70. The first-order chi connectivity index (χ1) is 8.61. The van der Waals surface area contributed by atoms with Crippen LogP contribution in [0, 0.1) is 0 Å². The van der Waals surface area contributed by atoms with Crippen molar-refractivity contribution in [3.63, 3.8) is 0 Å². The largest absolute Gasteiger partial charge is 0.516 e. The van der Waals surface area contributed by atoms with Gasteiger partial charge in [-0.15, -0.1) is 0 Å². The maximum absolute atomic E-state index is 7.33. The molecule has 0 aliphatic carbocycles. The Morgan fingerprint density at radius 1 is 1.28 bits per heavy atom. The maximum Gasteiger partial charge on any atom is 0.370 e. The van der Waals surface area contributed by atoms with Crippen LogP contribution >= 0.6 is 0 Å². The minimum Gasteiger partial charge on any atom is -0.516 e. The van der Waals surface area contributed by atoms with E-state index in [1.807, 2.05) is 0 Å². The zero-order valence-corrected chi connectivity index (χ0v) is 13.2. The number of ether oxygens (including phenoxy) is 1. The van der Waals surface area contributed by atoms with E-state index in [1.54, 1.807) is 21.3 Å². The van der Waals surface area contributed by atoms with Gasteiger partial charge in [-0.05, 0) is 18.9 Å². The van der Waals surface area contributed by atoms with E-state index >= 15 is 0 Å². The van der Waals surface area contributed by atoms with Gasteiger partial charge in [0.25, 0.3) is 0 Å².